The van der Waals surface area contributed by atoms with E-state index in [0.717, 1.165) is 5.56 Å². The first-order chi connectivity index (χ1) is 7.38. The lowest BCUT2D eigenvalue weighted by molar-refractivity contribution is -0.121. The van der Waals surface area contributed by atoms with Gasteiger partial charge in [-0.05, 0) is 20.8 Å². The van der Waals surface area contributed by atoms with Crippen LogP contribution in [0.3, 0.4) is 0 Å². The summed E-state index contributed by atoms with van der Waals surface area (Å²) in [6.07, 6.45) is 1.35. The molecule has 0 fully saturated rings. The van der Waals surface area contributed by atoms with Gasteiger partial charge in [0.2, 0.25) is 5.91 Å². The number of anilines is 2. The molecule has 7 heteroatoms. The maximum Gasteiger partial charge on any atom is 0.242 e. The molecule has 0 atom stereocenters. The number of hydrazine groups is 1. The van der Waals surface area contributed by atoms with Crippen LogP contribution >= 0.6 is 0 Å². The minimum atomic E-state index is -0.884. The molecule has 88 valence electrons. The third kappa shape index (κ3) is 2.37. The molecule has 0 aliphatic carbocycles. The van der Waals surface area contributed by atoms with Crippen LogP contribution in [0.5, 0.6) is 0 Å². The Hall–Kier alpha value is -1.89. The van der Waals surface area contributed by atoms with Crippen molar-refractivity contribution in [2.75, 3.05) is 10.7 Å². The van der Waals surface area contributed by atoms with Gasteiger partial charge in [0.05, 0.1) is 0 Å². The molecular weight excluding hydrogens is 208 g/mol. The fourth-order valence-corrected chi connectivity index (χ4v) is 1.08. The predicted octanol–water partition coefficient (Wildman–Crippen LogP) is -0.254. The first kappa shape index (κ1) is 12.2. The van der Waals surface area contributed by atoms with Crippen molar-refractivity contribution in [2.24, 2.45) is 11.6 Å². The van der Waals surface area contributed by atoms with Crippen molar-refractivity contribution in [3.05, 3.63) is 11.9 Å². The van der Waals surface area contributed by atoms with Crippen LogP contribution in [0.1, 0.15) is 19.4 Å². The van der Waals surface area contributed by atoms with E-state index in [-0.39, 0.29) is 0 Å². The van der Waals surface area contributed by atoms with Gasteiger partial charge in [0.1, 0.15) is 23.5 Å². The molecule has 1 rings (SSSR count). The van der Waals surface area contributed by atoms with E-state index in [1.165, 1.54) is 6.33 Å². The molecule has 0 spiro atoms. The van der Waals surface area contributed by atoms with Gasteiger partial charge >= 0.3 is 0 Å². The van der Waals surface area contributed by atoms with Crippen LogP contribution in [0, 0.1) is 6.92 Å². The monoisotopic (exact) mass is 224 g/mol. The molecule has 0 aliphatic rings. The first-order valence-corrected chi connectivity index (χ1v) is 4.75. The van der Waals surface area contributed by atoms with E-state index in [9.17, 15) is 4.79 Å². The summed E-state index contributed by atoms with van der Waals surface area (Å²) < 4.78 is 0. The zero-order valence-corrected chi connectivity index (χ0v) is 9.53. The second-order valence-electron chi connectivity index (χ2n) is 3.95. The third-order valence-corrected chi connectivity index (χ3v) is 2.27. The summed E-state index contributed by atoms with van der Waals surface area (Å²) in [7, 11) is 0. The van der Waals surface area contributed by atoms with Crippen molar-refractivity contribution in [1.82, 2.24) is 9.97 Å². The van der Waals surface area contributed by atoms with E-state index in [4.69, 9.17) is 11.6 Å². The summed E-state index contributed by atoms with van der Waals surface area (Å²) in [5, 5.41) is 2.94. The van der Waals surface area contributed by atoms with Crippen LogP contribution in [0.2, 0.25) is 0 Å². The predicted molar refractivity (Wildman–Crippen MR) is 61.5 cm³/mol. The maximum absolute atomic E-state index is 11.2. The molecule has 1 heterocycles. The van der Waals surface area contributed by atoms with Crippen molar-refractivity contribution in [2.45, 2.75) is 26.3 Å². The Balaban J connectivity index is 3.02. The van der Waals surface area contributed by atoms with Gasteiger partial charge in [-0.3, -0.25) is 4.79 Å². The van der Waals surface area contributed by atoms with Crippen LogP contribution < -0.4 is 22.3 Å². The van der Waals surface area contributed by atoms with Crippen molar-refractivity contribution in [3.8, 4) is 0 Å². The van der Waals surface area contributed by atoms with Crippen molar-refractivity contribution in [3.63, 3.8) is 0 Å². The van der Waals surface area contributed by atoms with Crippen LogP contribution in [-0.2, 0) is 4.79 Å². The van der Waals surface area contributed by atoms with Gasteiger partial charge in [-0.15, -0.1) is 0 Å². The summed E-state index contributed by atoms with van der Waals surface area (Å²) in [5.41, 5.74) is 7.53. The lowest BCUT2D eigenvalue weighted by Crippen LogP contribution is -2.45. The molecule has 1 aromatic rings. The van der Waals surface area contributed by atoms with E-state index in [1.807, 2.05) is 0 Å². The Labute approximate surface area is 93.6 Å². The maximum atomic E-state index is 11.2. The topological polar surface area (TPSA) is 119 Å². The van der Waals surface area contributed by atoms with E-state index in [2.05, 4.69) is 20.7 Å². The van der Waals surface area contributed by atoms with Crippen LogP contribution in [0.4, 0.5) is 11.6 Å². The van der Waals surface area contributed by atoms with E-state index in [1.54, 1.807) is 20.8 Å². The second kappa shape index (κ2) is 4.31. The highest BCUT2D eigenvalue weighted by molar-refractivity contribution is 5.87. The highest BCUT2D eigenvalue weighted by Crippen LogP contribution is 2.20. The lowest BCUT2D eigenvalue weighted by Gasteiger charge is -2.24. The van der Waals surface area contributed by atoms with Crippen molar-refractivity contribution in [1.29, 1.82) is 0 Å². The van der Waals surface area contributed by atoms with Gasteiger partial charge in [0, 0.05) is 5.56 Å². The fourth-order valence-electron chi connectivity index (χ4n) is 1.08. The molecule has 1 aromatic heterocycles. The minimum absolute atomic E-state index is 0.465. The number of hydrogen-bond donors (Lipinski definition) is 4. The standard InChI is InChI=1S/C9H16N6O/c1-5-6(12-4-13-7(5)15-11)14-9(2,3)8(10)16/h4H,11H2,1-3H3,(H2,10,16)(H2,12,13,14,15). The molecule has 0 saturated carbocycles. The van der Waals surface area contributed by atoms with Crippen molar-refractivity contribution < 1.29 is 4.79 Å². The Morgan fingerprint density at radius 2 is 1.94 bits per heavy atom. The van der Waals surface area contributed by atoms with E-state index in [0.29, 0.717) is 11.6 Å². The Morgan fingerprint density at radius 3 is 2.44 bits per heavy atom. The number of carbonyl (C=O) groups is 1. The fraction of sp³-hybridized carbons (Fsp3) is 0.444. The van der Waals surface area contributed by atoms with Crippen LogP contribution in [0.15, 0.2) is 6.33 Å². The number of rotatable bonds is 4. The summed E-state index contributed by atoms with van der Waals surface area (Å²) in [4.78, 5) is 19.1. The van der Waals surface area contributed by atoms with Gasteiger partial charge in [0.25, 0.3) is 0 Å². The smallest absolute Gasteiger partial charge is 0.242 e. The second-order valence-corrected chi connectivity index (χ2v) is 3.95. The number of primary amides is 1. The molecule has 0 saturated heterocycles. The van der Waals surface area contributed by atoms with Crippen LogP contribution in [-0.4, -0.2) is 21.4 Å². The van der Waals surface area contributed by atoms with Crippen molar-refractivity contribution >= 4 is 17.5 Å². The molecular formula is C9H16N6O. The number of nitrogens with one attached hydrogen (secondary N) is 2. The molecule has 0 bridgehead atoms. The molecule has 0 unspecified atom stereocenters. The Bertz CT molecular complexity index is 403. The zero-order chi connectivity index (χ0) is 12.3. The SMILES string of the molecule is Cc1c(NN)ncnc1NC(C)(C)C(N)=O. The molecule has 0 aliphatic heterocycles. The number of hydrogen-bond acceptors (Lipinski definition) is 6. The van der Waals surface area contributed by atoms with Gasteiger partial charge in [-0.1, -0.05) is 0 Å². The molecule has 0 radical (unpaired) electrons. The average molecular weight is 224 g/mol. The van der Waals surface area contributed by atoms with E-state index < -0.39 is 11.4 Å². The molecule has 6 N–H and O–H groups in total. The number of nitrogens with zero attached hydrogens (tertiary/aromatic N) is 2. The first-order valence-electron chi connectivity index (χ1n) is 4.75. The van der Waals surface area contributed by atoms with Gasteiger partial charge in [-0.2, -0.15) is 0 Å². The number of nitrogen functional groups attached to an aromatic ring is 1. The number of amides is 1. The minimum Gasteiger partial charge on any atom is -0.368 e. The van der Waals surface area contributed by atoms with Gasteiger partial charge < -0.3 is 16.5 Å². The lowest BCUT2D eigenvalue weighted by atomic mass is 10.0. The highest BCUT2D eigenvalue weighted by Gasteiger charge is 2.25. The summed E-state index contributed by atoms with van der Waals surface area (Å²) in [6.45, 7) is 5.13. The number of aromatic nitrogens is 2. The molecule has 16 heavy (non-hydrogen) atoms. The number of carbonyl (C=O) groups excluding carboxylic acids is 1. The molecule has 0 aromatic carbocycles. The summed E-state index contributed by atoms with van der Waals surface area (Å²) in [5.74, 6) is 5.84. The highest BCUT2D eigenvalue weighted by atomic mass is 16.1. The molecule has 7 nitrogen and oxygen atoms in total. The summed E-state index contributed by atoms with van der Waals surface area (Å²) >= 11 is 0. The Morgan fingerprint density at radius 1 is 1.38 bits per heavy atom. The normalized spacial score (nSPS) is 11.0. The molecule has 1 amide bonds. The summed E-state index contributed by atoms with van der Waals surface area (Å²) in [6, 6.07) is 0. The largest absolute Gasteiger partial charge is 0.368 e. The third-order valence-electron chi connectivity index (χ3n) is 2.27. The van der Waals surface area contributed by atoms with Gasteiger partial charge in [-0.25, -0.2) is 15.8 Å². The Kier molecular flexibility index (Phi) is 3.28. The number of nitrogens with two attached hydrogens (primary N) is 2. The quantitative estimate of drug-likeness (QED) is 0.413. The average Bonchev–Trinajstić information content (AvgIpc) is 2.20. The van der Waals surface area contributed by atoms with Crippen LogP contribution in [0.25, 0.3) is 0 Å². The van der Waals surface area contributed by atoms with Gasteiger partial charge in [0.15, 0.2) is 0 Å². The zero-order valence-electron chi connectivity index (χ0n) is 9.53. The van der Waals surface area contributed by atoms with E-state index >= 15 is 0 Å².